The maximum atomic E-state index is 11.7. The topological polar surface area (TPSA) is 72.6 Å². The van der Waals surface area contributed by atoms with Gasteiger partial charge in [-0.3, -0.25) is 4.79 Å². The van der Waals surface area contributed by atoms with E-state index in [1.807, 2.05) is 17.9 Å². The minimum Gasteiger partial charge on any atom is -0.465 e. The van der Waals surface area contributed by atoms with Crippen LogP contribution >= 0.6 is 0 Å². The van der Waals surface area contributed by atoms with Crippen molar-refractivity contribution in [1.82, 2.24) is 4.90 Å². The average Bonchev–Trinajstić information content (AvgIpc) is 2.71. The second-order valence-corrected chi connectivity index (χ2v) is 4.82. The van der Waals surface area contributed by atoms with Gasteiger partial charge in [-0.15, -0.1) is 0 Å². The number of benzene rings is 1. The highest BCUT2D eigenvalue weighted by molar-refractivity contribution is 5.95. The number of carbonyl (C=O) groups is 2. The molecular formula is C14H18N2O3. The van der Waals surface area contributed by atoms with Crippen molar-refractivity contribution in [3.63, 3.8) is 0 Å². The van der Waals surface area contributed by atoms with Crippen molar-refractivity contribution < 1.29 is 14.3 Å². The molecule has 0 aromatic heterocycles. The molecule has 2 rings (SSSR count). The number of esters is 1. The van der Waals surface area contributed by atoms with Gasteiger partial charge >= 0.3 is 5.97 Å². The molecule has 1 atom stereocenters. The van der Waals surface area contributed by atoms with Crippen LogP contribution in [0.1, 0.15) is 35.7 Å². The predicted molar refractivity (Wildman–Crippen MR) is 71.4 cm³/mol. The molecule has 0 bridgehead atoms. The lowest BCUT2D eigenvalue weighted by Crippen LogP contribution is -2.30. The Morgan fingerprint density at radius 1 is 1.53 bits per heavy atom. The molecule has 5 nitrogen and oxygen atoms in total. The first-order chi connectivity index (χ1) is 9.02. The van der Waals surface area contributed by atoms with Gasteiger partial charge in [0.25, 0.3) is 0 Å². The van der Waals surface area contributed by atoms with E-state index in [9.17, 15) is 9.59 Å². The fourth-order valence-electron chi connectivity index (χ4n) is 2.31. The van der Waals surface area contributed by atoms with Crippen molar-refractivity contribution >= 4 is 17.6 Å². The van der Waals surface area contributed by atoms with E-state index in [2.05, 4.69) is 4.74 Å². The summed E-state index contributed by atoms with van der Waals surface area (Å²) in [6, 6.07) is 5.44. The van der Waals surface area contributed by atoms with Crippen LogP contribution in [0, 0.1) is 0 Å². The summed E-state index contributed by atoms with van der Waals surface area (Å²) in [4.78, 5) is 25.1. The third-order valence-electron chi connectivity index (χ3n) is 3.50. The van der Waals surface area contributed by atoms with Gasteiger partial charge in [-0.25, -0.2) is 4.79 Å². The number of methoxy groups -OCH3 is 1. The first-order valence-electron chi connectivity index (χ1n) is 6.29. The summed E-state index contributed by atoms with van der Waals surface area (Å²) in [5.74, 6) is -0.302. The number of nitrogens with two attached hydrogens (primary N) is 1. The zero-order chi connectivity index (χ0) is 14.0. The maximum absolute atomic E-state index is 11.7. The van der Waals surface area contributed by atoms with Crippen LogP contribution in [0.25, 0.3) is 0 Å². The van der Waals surface area contributed by atoms with E-state index in [4.69, 9.17) is 5.73 Å². The fraction of sp³-hybridized carbons (Fsp3) is 0.429. The van der Waals surface area contributed by atoms with E-state index >= 15 is 0 Å². The largest absolute Gasteiger partial charge is 0.465 e. The Balaban J connectivity index is 2.22. The van der Waals surface area contributed by atoms with E-state index < -0.39 is 5.97 Å². The number of anilines is 1. The Morgan fingerprint density at radius 3 is 2.84 bits per heavy atom. The quantitative estimate of drug-likeness (QED) is 0.663. The van der Waals surface area contributed by atoms with Crippen molar-refractivity contribution in [1.29, 1.82) is 0 Å². The van der Waals surface area contributed by atoms with Crippen molar-refractivity contribution in [2.75, 3.05) is 12.8 Å². The summed E-state index contributed by atoms with van der Waals surface area (Å²) >= 11 is 0. The van der Waals surface area contributed by atoms with Gasteiger partial charge < -0.3 is 15.4 Å². The number of nitrogens with zero attached hydrogens (tertiary/aromatic N) is 1. The standard InChI is InChI=1S/C14H18N2O3/c1-9-3-6-13(17)16(9)8-10-4-5-12(15)11(7-10)14(18)19-2/h4-5,7,9H,3,6,8,15H2,1-2H3. The summed E-state index contributed by atoms with van der Waals surface area (Å²) < 4.78 is 4.68. The van der Waals surface area contributed by atoms with Crippen LogP contribution in [-0.2, 0) is 16.1 Å². The van der Waals surface area contributed by atoms with Gasteiger partial charge in [-0.2, -0.15) is 0 Å². The van der Waals surface area contributed by atoms with Gasteiger partial charge in [0.15, 0.2) is 0 Å². The fourth-order valence-corrected chi connectivity index (χ4v) is 2.31. The monoisotopic (exact) mass is 262 g/mol. The minimum absolute atomic E-state index is 0.156. The predicted octanol–water partition coefficient (Wildman–Crippen LogP) is 1.57. The van der Waals surface area contributed by atoms with Crippen LogP contribution in [0.4, 0.5) is 5.69 Å². The van der Waals surface area contributed by atoms with Gasteiger partial charge in [-0.1, -0.05) is 6.07 Å². The van der Waals surface area contributed by atoms with Gasteiger partial charge in [0.1, 0.15) is 0 Å². The first-order valence-corrected chi connectivity index (χ1v) is 6.29. The van der Waals surface area contributed by atoms with Crippen LogP contribution in [0.2, 0.25) is 0 Å². The molecule has 0 spiro atoms. The molecule has 1 saturated heterocycles. The number of likely N-dealkylation sites (tertiary alicyclic amines) is 1. The zero-order valence-electron chi connectivity index (χ0n) is 11.2. The Hall–Kier alpha value is -2.04. The van der Waals surface area contributed by atoms with E-state index in [-0.39, 0.29) is 11.9 Å². The molecule has 0 saturated carbocycles. The smallest absolute Gasteiger partial charge is 0.339 e. The average molecular weight is 262 g/mol. The molecule has 2 N–H and O–H groups in total. The second kappa shape index (κ2) is 5.30. The van der Waals surface area contributed by atoms with E-state index in [0.29, 0.717) is 24.2 Å². The number of nitrogen functional groups attached to an aromatic ring is 1. The van der Waals surface area contributed by atoms with E-state index in [0.717, 1.165) is 12.0 Å². The molecule has 1 heterocycles. The molecule has 1 aliphatic rings. The molecule has 1 aromatic rings. The van der Waals surface area contributed by atoms with Crippen LogP contribution in [-0.4, -0.2) is 29.9 Å². The van der Waals surface area contributed by atoms with Crippen LogP contribution in [0.3, 0.4) is 0 Å². The van der Waals surface area contributed by atoms with E-state index in [1.54, 1.807) is 12.1 Å². The third kappa shape index (κ3) is 2.70. The summed E-state index contributed by atoms with van der Waals surface area (Å²) in [5.41, 5.74) is 7.37. The van der Waals surface area contributed by atoms with Gasteiger partial charge in [0.05, 0.1) is 12.7 Å². The lowest BCUT2D eigenvalue weighted by atomic mass is 10.1. The zero-order valence-corrected chi connectivity index (χ0v) is 11.2. The summed E-state index contributed by atoms with van der Waals surface area (Å²) in [7, 11) is 1.32. The molecule has 1 aromatic carbocycles. The van der Waals surface area contributed by atoms with Crippen molar-refractivity contribution in [2.45, 2.75) is 32.4 Å². The van der Waals surface area contributed by atoms with Crippen molar-refractivity contribution in [3.05, 3.63) is 29.3 Å². The van der Waals surface area contributed by atoms with Crippen LogP contribution in [0.15, 0.2) is 18.2 Å². The van der Waals surface area contributed by atoms with Gasteiger partial charge in [-0.05, 0) is 31.0 Å². The SMILES string of the molecule is COC(=O)c1cc(CN2C(=O)CCC2C)ccc1N. The van der Waals surface area contributed by atoms with Crippen molar-refractivity contribution in [3.8, 4) is 0 Å². The molecule has 102 valence electrons. The molecule has 1 amide bonds. The minimum atomic E-state index is -0.458. The first kappa shape index (κ1) is 13.4. The number of amides is 1. The highest BCUT2D eigenvalue weighted by atomic mass is 16.5. The molecule has 1 aliphatic heterocycles. The highest BCUT2D eigenvalue weighted by Crippen LogP contribution is 2.23. The molecule has 1 fully saturated rings. The highest BCUT2D eigenvalue weighted by Gasteiger charge is 2.27. The molecule has 0 aliphatic carbocycles. The Labute approximate surface area is 112 Å². The molecule has 1 unspecified atom stereocenters. The summed E-state index contributed by atoms with van der Waals surface area (Å²) in [6.45, 7) is 2.54. The Bertz CT molecular complexity index is 513. The maximum Gasteiger partial charge on any atom is 0.339 e. The molecular weight excluding hydrogens is 244 g/mol. The van der Waals surface area contributed by atoms with Crippen LogP contribution in [0.5, 0.6) is 0 Å². The molecule has 19 heavy (non-hydrogen) atoms. The molecule has 5 heteroatoms. The summed E-state index contributed by atoms with van der Waals surface area (Å²) in [5, 5.41) is 0. The van der Waals surface area contributed by atoms with Gasteiger partial charge in [0, 0.05) is 24.7 Å². The molecule has 0 radical (unpaired) electrons. The lowest BCUT2D eigenvalue weighted by molar-refractivity contribution is -0.129. The third-order valence-corrected chi connectivity index (χ3v) is 3.50. The second-order valence-electron chi connectivity index (χ2n) is 4.82. The van der Waals surface area contributed by atoms with Gasteiger partial charge in [0.2, 0.25) is 5.91 Å². The summed E-state index contributed by atoms with van der Waals surface area (Å²) in [6.07, 6.45) is 1.48. The normalized spacial score (nSPS) is 18.7. The van der Waals surface area contributed by atoms with Crippen molar-refractivity contribution in [2.24, 2.45) is 0 Å². The number of carbonyl (C=O) groups excluding carboxylic acids is 2. The lowest BCUT2D eigenvalue weighted by Gasteiger charge is -2.22. The number of rotatable bonds is 3. The Kier molecular flexibility index (Phi) is 3.74. The number of ether oxygens (including phenoxy) is 1. The Morgan fingerprint density at radius 2 is 2.26 bits per heavy atom. The van der Waals surface area contributed by atoms with Crippen LogP contribution < -0.4 is 5.73 Å². The number of hydrogen-bond acceptors (Lipinski definition) is 4. The number of hydrogen-bond donors (Lipinski definition) is 1. The van der Waals surface area contributed by atoms with E-state index in [1.165, 1.54) is 7.11 Å².